The van der Waals surface area contributed by atoms with Crippen LogP contribution >= 0.6 is 23.1 Å². The summed E-state index contributed by atoms with van der Waals surface area (Å²) in [4.78, 5) is 15.5. The molecule has 2 N–H and O–H groups in total. The van der Waals surface area contributed by atoms with Crippen molar-refractivity contribution >= 4 is 45.3 Å². The fourth-order valence-corrected chi connectivity index (χ4v) is 3.72. The number of nitrogens with two attached hydrogens (primary N) is 1. The van der Waals surface area contributed by atoms with Gasteiger partial charge in [0.15, 0.2) is 9.43 Å². The van der Waals surface area contributed by atoms with E-state index in [2.05, 4.69) is 4.98 Å². The Morgan fingerprint density at radius 3 is 2.91 bits per heavy atom. The van der Waals surface area contributed by atoms with E-state index in [-0.39, 0.29) is 5.57 Å². The highest BCUT2D eigenvalue weighted by molar-refractivity contribution is 8.01. The van der Waals surface area contributed by atoms with E-state index in [4.69, 9.17) is 15.4 Å². The summed E-state index contributed by atoms with van der Waals surface area (Å²) in [6.07, 6.45) is 1.32. The fourth-order valence-electron chi connectivity index (χ4n) is 1.75. The number of carbonyl (C=O) groups excluding carboxylic acids is 1. The van der Waals surface area contributed by atoms with Gasteiger partial charge in [-0.2, -0.15) is 5.26 Å². The maximum absolute atomic E-state index is 11.0. The molecule has 1 aromatic carbocycles. The second kappa shape index (κ2) is 6.05. The lowest BCUT2D eigenvalue weighted by atomic mass is 10.2. The quantitative estimate of drug-likeness (QED) is 0.585. The average molecular weight is 327 g/mol. The highest BCUT2D eigenvalue weighted by Gasteiger charge is 2.10. The molecule has 0 saturated heterocycles. The highest BCUT2D eigenvalue weighted by atomic mass is 32.2. The van der Waals surface area contributed by atoms with Crippen LogP contribution in [0.15, 0.2) is 55.8 Å². The number of hydrogen-bond donors (Lipinski definition) is 1. The summed E-state index contributed by atoms with van der Waals surface area (Å²) in [5.41, 5.74) is 5.88. The standard InChI is InChI=1S/C15H9N3O2S2/c16-8-9(14(17)19)7-10-5-6-13(20-10)22-15-18-11-3-1-2-4-12(11)21-15/h1-7H,(H2,17,19)/b9-7+. The van der Waals surface area contributed by atoms with Crippen molar-refractivity contribution in [2.45, 2.75) is 9.43 Å². The minimum absolute atomic E-state index is 0.147. The van der Waals surface area contributed by atoms with Crippen molar-refractivity contribution in [3.63, 3.8) is 0 Å². The Bertz CT molecular complexity index is 885. The molecular formula is C15H9N3O2S2. The first kappa shape index (κ1) is 14.4. The third kappa shape index (κ3) is 3.03. The predicted molar refractivity (Wildman–Crippen MR) is 85.2 cm³/mol. The van der Waals surface area contributed by atoms with Crippen molar-refractivity contribution in [3.8, 4) is 6.07 Å². The number of para-hydroxylation sites is 1. The second-order valence-electron chi connectivity index (χ2n) is 4.24. The first-order chi connectivity index (χ1) is 10.7. The zero-order valence-electron chi connectivity index (χ0n) is 11.1. The van der Waals surface area contributed by atoms with Crippen molar-refractivity contribution in [1.82, 2.24) is 4.98 Å². The average Bonchev–Trinajstić information content (AvgIpc) is 3.10. The van der Waals surface area contributed by atoms with Gasteiger partial charge in [-0.1, -0.05) is 12.1 Å². The Labute approximate surface area is 134 Å². The van der Waals surface area contributed by atoms with Crippen LogP contribution in [0.4, 0.5) is 0 Å². The molecule has 108 valence electrons. The van der Waals surface area contributed by atoms with Crippen LogP contribution in [-0.4, -0.2) is 10.9 Å². The van der Waals surface area contributed by atoms with Gasteiger partial charge in [-0.05, 0) is 36.0 Å². The Hall–Kier alpha value is -2.56. The van der Waals surface area contributed by atoms with E-state index in [9.17, 15) is 4.79 Å². The first-order valence-electron chi connectivity index (χ1n) is 6.20. The van der Waals surface area contributed by atoms with E-state index in [1.54, 1.807) is 29.5 Å². The molecule has 0 atom stereocenters. The fraction of sp³-hybridized carbons (Fsp3) is 0. The molecule has 3 aromatic rings. The van der Waals surface area contributed by atoms with E-state index < -0.39 is 5.91 Å². The molecule has 0 aliphatic heterocycles. The lowest BCUT2D eigenvalue weighted by Crippen LogP contribution is -2.12. The van der Waals surface area contributed by atoms with Crippen LogP contribution in [0, 0.1) is 11.3 Å². The maximum Gasteiger partial charge on any atom is 0.259 e. The molecule has 0 radical (unpaired) electrons. The van der Waals surface area contributed by atoms with E-state index >= 15 is 0 Å². The van der Waals surface area contributed by atoms with Crippen LogP contribution in [0.1, 0.15) is 5.76 Å². The maximum atomic E-state index is 11.0. The van der Waals surface area contributed by atoms with Crippen LogP contribution in [0.2, 0.25) is 0 Å². The third-order valence-corrected chi connectivity index (χ3v) is 4.75. The lowest BCUT2D eigenvalue weighted by Gasteiger charge is -1.91. The number of carbonyl (C=O) groups is 1. The normalized spacial score (nSPS) is 11.5. The molecule has 0 saturated carbocycles. The summed E-state index contributed by atoms with van der Waals surface area (Å²) >= 11 is 2.96. The van der Waals surface area contributed by atoms with Gasteiger partial charge in [0.25, 0.3) is 5.91 Å². The van der Waals surface area contributed by atoms with Gasteiger partial charge in [0.05, 0.1) is 10.2 Å². The van der Waals surface area contributed by atoms with Gasteiger partial charge in [-0.3, -0.25) is 4.79 Å². The topological polar surface area (TPSA) is 92.9 Å². The molecule has 3 rings (SSSR count). The molecular weight excluding hydrogens is 318 g/mol. The highest BCUT2D eigenvalue weighted by Crippen LogP contribution is 2.35. The molecule has 0 aliphatic carbocycles. The summed E-state index contributed by atoms with van der Waals surface area (Å²) in [6.45, 7) is 0. The molecule has 2 aromatic heterocycles. The number of benzene rings is 1. The molecule has 0 spiro atoms. The zero-order chi connectivity index (χ0) is 15.5. The molecule has 7 heteroatoms. The van der Waals surface area contributed by atoms with Crippen LogP contribution in [-0.2, 0) is 4.79 Å². The van der Waals surface area contributed by atoms with Crippen molar-refractivity contribution in [1.29, 1.82) is 5.26 Å². The van der Waals surface area contributed by atoms with E-state index in [0.717, 1.165) is 14.6 Å². The molecule has 5 nitrogen and oxygen atoms in total. The van der Waals surface area contributed by atoms with Crippen molar-refractivity contribution < 1.29 is 9.21 Å². The van der Waals surface area contributed by atoms with Gasteiger partial charge in [0, 0.05) is 6.08 Å². The number of aromatic nitrogens is 1. The lowest BCUT2D eigenvalue weighted by molar-refractivity contribution is -0.114. The number of amides is 1. The first-order valence-corrected chi connectivity index (χ1v) is 7.84. The Morgan fingerprint density at radius 2 is 2.18 bits per heavy atom. The Balaban J connectivity index is 1.82. The minimum Gasteiger partial charge on any atom is -0.450 e. The van der Waals surface area contributed by atoms with E-state index in [1.165, 1.54) is 17.8 Å². The largest absolute Gasteiger partial charge is 0.450 e. The molecule has 1 amide bonds. The van der Waals surface area contributed by atoms with Gasteiger partial charge >= 0.3 is 0 Å². The number of furan rings is 1. The Kier molecular flexibility index (Phi) is 3.96. The molecule has 0 fully saturated rings. The second-order valence-corrected chi connectivity index (χ2v) is 6.52. The zero-order valence-corrected chi connectivity index (χ0v) is 12.8. The number of nitriles is 1. The van der Waals surface area contributed by atoms with Gasteiger partial charge < -0.3 is 10.2 Å². The van der Waals surface area contributed by atoms with E-state index in [1.807, 2.05) is 24.3 Å². The van der Waals surface area contributed by atoms with Gasteiger partial charge in [-0.25, -0.2) is 4.98 Å². The SMILES string of the molecule is N#C/C(=C\c1ccc(Sc2nc3ccccc3s2)o1)C(N)=O. The van der Waals surface area contributed by atoms with E-state index in [0.29, 0.717) is 10.9 Å². The number of rotatable bonds is 4. The third-order valence-electron chi connectivity index (χ3n) is 2.74. The number of primary amides is 1. The molecule has 0 unspecified atom stereocenters. The summed E-state index contributed by atoms with van der Waals surface area (Å²) in [7, 11) is 0. The number of fused-ring (bicyclic) bond motifs is 1. The monoisotopic (exact) mass is 327 g/mol. The van der Waals surface area contributed by atoms with Gasteiger partial charge in [0.1, 0.15) is 17.4 Å². The van der Waals surface area contributed by atoms with Crippen LogP contribution in [0.25, 0.3) is 16.3 Å². The van der Waals surface area contributed by atoms with Gasteiger partial charge in [-0.15, -0.1) is 11.3 Å². The number of nitrogens with zero attached hydrogens (tertiary/aromatic N) is 2. The summed E-state index contributed by atoms with van der Waals surface area (Å²) in [5, 5.41) is 9.44. The summed E-state index contributed by atoms with van der Waals surface area (Å²) < 4.78 is 7.53. The van der Waals surface area contributed by atoms with Crippen molar-refractivity contribution in [2.24, 2.45) is 5.73 Å². The number of hydrogen-bond acceptors (Lipinski definition) is 6. The minimum atomic E-state index is -0.778. The number of thiazole rings is 1. The summed E-state index contributed by atoms with van der Waals surface area (Å²) in [5.74, 6) is -0.377. The van der Waals surface area contributed by atoms with Crippen LogP contribution in [0.3, 0.4) is 0 Å². The Morgan fingerprint density at radius 1 is 1.36 bits per heavy atom. The molecule has 22 heavy (non-hydrogen) atoms. The summed E-state index contributed by atoms with van der Waals surface area (Å²) in [6, 6.07) is 13.1. The molecule has 2 heterocycles. The van der Waals surface area contributed by atoms with Crippen LogP contribution in [0.5, 0.6) is 0 Å². The van der Waals surface area contributed by atoms with Crippen LogP contribution < -0.4 is 5.73 Å². The predicted octanol–water partition coefficient (Wildman–Crippen LogP) is 3.43. The smallest absolute Gasteiger partial charge is 0.259 e. The molecule has 0 bridgehead atoms. The van der Waals surface area contributed by atoms with Crippen molar-refractivity contribution in [2.75, 3.05) is 0 Å². The molecule has 0 aliphatic rings. The van der Waals surface area contributed by atoms with Gasteiger partial charge in [0.2, 0.25) is 0 Å². The van der Waals surface area contributed by atoms with Crippen molar-refractivity contribution in [3.05, 3.63) is 47.7 Å².